The van der Waals surface area contributed by atoms with Crippen molar-refractivity contribution < 1.29 is 4.79 Å². The van der Waals surface area contributed by atoms with E-state index in [1.807, 2.05) is 0 Å². The molecular weight excluding hydrogens is 190 g/mol. The number of likely N-dealkylation sites (tertiary alicyclic amines) is 1. The highest BCUT2D eigenvalue weighted by Crippen LogP contribution is 2.32. The molecule has 1 unspecified atom stereocenters. The largest absolute Gasteiger partial charge is 0.353 e. The lowest BCUT2D eigenvalue weighted by Gasteiger charge is -2.35. The van der Waals surface area contributed by atoms with Crippen molar-refractivity contribution in [1.29, 1.82) is 0 Å². The summed E-state index contributed by atoms with van der Waals surface area (Å²) in [7, 11) is 0. The van der Waals surface area contributed by atoms with Crippen molar-refractivity contribution >= 4 is 5.91 Å². The maximum Gasteiger partial charge on any atom is 0.233 e. The van der Waals surface area contributed by atoms with E-state index < -0.39 is 0 Å². The summed E-state index contributed by atoms with van der Waals surface area (Å²) >= 11 is 0. The van der Waals surface area contributed by atoms with Crippen LogP contribution in [0.2, 0.25) is 0 Å². The van der Waals surface area contributed by atoms with Crippen molar-refractivity contribution in [2.75, 3.05) is 19.6 Å². The Morgan fingerprint density at radius 3 is 2.80 bits per heavy atom. The van der Waals surface area contributed by atoms with Crippen LogP contribution in [0.15, 0.2) is 0 Å². The topological polar surface area (TPSA) is 58.4 Å². The molecule has 0 bridgehead atoms. The van der Waals surface area contributed by atoms with Crippen LogP contribution in [0.4, 0.5) is 0 Å². The first-order chi connectivity index (χ1) is 7.31. The molecule has 0 aromatic carbocycles. The number of carbonyl (C=O) groups is 1. The van der Waals surface area contributed by atoms with Crippen LogP contribution in [-0.2, 0) is 4.79 Å². The summed E-state index contributed by atoms with van der Waals surface area (Å²) in [6, 6.07) is 1.37. The number of nitrogens with two attached hydrogens (primary N) is 1. The number of piperidine rings is 1. The fourth-order valence-electron chi connectivity index (χ4n) is 2.43. The number of nitrogens with zero attached hydrogens (tertiary/aromatic N) is 1. The normalized spacial score (nSPS) is 27.7. The Bertz CT molecular complexity index is 228. The molecule has 1 saturated carbocycles. The van der Waals surface area contributed by atoms with E-state index >= 15 is 0 Å². The van der Waals surface area contributed by atoms with Gasteiger partial charge in [0.25, 0.3) is 0 Å². The summed E-state index contributed by atoms with van der Waals surface area (Å²) in [5.74, 6) is -0.0312. The highest BCUT2D eigenvalue weighted by atomic mass is 16.1. The monoisotopic (exact) mass is 211 g/mol. The van der Waals surface area contributed by atoms with Crippen LogP contribution in [0.3, 0.4) is 0 Å². The molecule has 2 aliphatic rings. The summed E-state index contributed by atoms with van der Waals surface area (Å²) in [6.07, 6.45) is 6.54. The van der Waals surface area contributed by atoms with Gasteiger partial charge >= 0.3 is 0 Å². The van der Waals surface area contributed by atoms with Gasteiger partial charge in [-0.1, -0.05) is 6.42 Å². The minimum atomic E-state index is -0.0312. The molecule has 86 valence electrons. The zero-order valence-electron chi connectivity index (χ0n) is 9.24. The van der Waals surface area contributed by atoms with Crippen LogP contribution >= 0.6 is 0 Å². The molecule has 0 aromatic rings. The minimum absolute atomic E-state index is 0.0312. The third-order valence-electron chi connectivity index (χ3n) is 3.41. The van der Waals surface area contributed by atoms with E-state index in [1.54, 1.807) is 0 Å². The number of carbonyl (C=O) groups excluding carboxylic acids is 1. The molecule has 0 spiro atoms. The predicted molar refractivity (Wildman–Crippen MR) is 59.4 cm³/mol. The number of hydrogen-bond donors (Lipinski definition) is 2. The van der Waals surface area contributed by atoms with E-state index in [2.05, 4.69) is 10.2 Å². The molecule has 1 saturated heterocycles. The molecule has 4 heteroatoms. The van der Waals surface area contributed by atoms with Crippen LogP contribution in [0.1, 0.15) is 32.1 Å². The van der Waals surface area contributed by atoms with Crippen molar-refractivity contribution in [3.63, 3.8) is 0 Å². The number of amides is 1. The molecule has 3 N–H and O–H groups in total. The van der Waals surface area contributed by atoms with Gasteiger partial charge in [0.05, 0.1) is 6.54 Å². The summed E-state index contributed by atoms with van der Waals surface area (Å²) in [4.78, 5) is 13.7. The van der Waals surface area contributed by atoms with E-state index in [1.165, 1.54) is 38.6 Å². The Labute approximate surface area is 91.2 Å². The third-order valence-corrected chi connectivity index (χ3v) is 3.41. The minimum Gasteiger partial charge on any atom is -0.353 e. The van der Waals surface area contributed by atoms with Gasteiger partial charge in [0, 0.05) is 18.6 Å². The van der Waals surface area contributed by atoms with Crippen molar-refractivity contribution in [2.24, 2.45) is 5.73 Å². The Morgan fingerprint density at radius 2 is 2.13 bits per heavy atom. The molecule has 15 heavy (non-hydrogen) atoms. The second kappa shape index (κ2) is 4.94. The van der Waals surface area contributed by atoms with Crippen LogP contribution in [0.5, 0.6) is 0 Å². The fourth-order valence-corrected chi connectivity index (χ4v) is 2.43. The molecule has 4 nitrogen and oxygen atoms in total. The summed E-state index contributed by atoms with van der Waals surface area (Å²) in [5, 5.41) is 2.91. The van der Waals surface area contributed by atoms with Gasteiger partial charge in [-0.3, -0.25) is 9.69 Å². The second-order valence-corrected chi connectivity index (χ2v) is 4.63. The van der Waals surface area contributed by atoms with Crippen molar-refractivity contribution in [2.45, 2.75) is 44.2 Å². The number of hydrogen-bond acceptors (Lipinski definition) is 3. The first-order valence-electron chi connectivity index (χ1n) is 6.04. The summed E-state index contributed by atoms with van der Waals surface area (Å²) < 4.78 is 0. The molecule has 1 amide bonds. The van der Waals surface area contributed by atoms with Gasteiger partial charge in [0.2, 0.25) is 5.91 Å². The standard InChI is InChI=1S/C11H21N3O/c12-7-11(15)13-8-10-3-1-2-6-14(10)9-4-5-9/h9-10H,1-8,12H2,(H,13,15). The SMILES string of the molecule is NCC(=O)NCC1CCCCN1C1CC1. The molecule has 2 fully saturated rings. The van der Waals surface area contributed by atoms with Crippen LogP contribution in [-0.4, -0.2) is 42.5 Å². The van der Waals surface area contributed by atoms with Gasteiger partial charge in [-0.2, -0.15) is 0 Å². The quantitative estimate of drug-likeness (QED) is 0.692. The highest BCUT2D eigenvalue weighted by Gasteiger charge is 2.35. The van der Waals surface area contributed by atoms with Gasteiger partial charge in [-0.15, -0.1) is 0 Å². The Hall–Kier alpha value is -0.610. The number of rotatable bonds is 4. The van der Waals surface area contributed by atoms with Crippen LogP contribution < -0.4 is 11.1 Å². The Balaban J connectivity index is 1.79. The molecule has 2 rings (SSSR count). The van der Waals surface area contributed by atoms with Crippen molar-refractivity contribution in [3.8, 4) is 0 Å². The zero-order chi connectivity index (χ0) is 10.7. The van der Waals surface area contributed by atoms with E-state index in [-0.39, 0.29) is 12.5 Å². The van der Waals surface area contributed by atoms with E-state index in [9.17, 15) is 4.79 Å². The first kappa shape index (κ1) is 10.9. The molecule has 1 aliphatic carbocycles. The molecule has 1 atom stereocenters. The average molecular weight is 211 g/mol. The fraction of sp³-hybridized carbons (Fsp3) is 0.909. The van der Waals surface area contributed by atoms with Crippen molar-refractivity contribution in [1.82, 2.24) is 10.2 Å². The molecular formula is C11H21N3O. The lowest BCUT2D eigenvalue weighted by atomic mass is 10.0. The Morgan fingerprint density at radius 1 is 1.33 bits per heavy atom. The second-order valence-electron chi connectivity index (χ2n) is 4.63. The van der Waals surface area contributed by atoms with E-state index in [0.29, 0.717) is 6.04 Å². The number of nitrogens with one attached hydrogen (secondary N) is 1. The van der Waals surface area contributed by atoms with Crippen LogP contribution in [0, 0.1) is 0 Å². The van der Waals surface area contributed by atoms with Gasteiger partial charge in [-0.05, 0) is 32.2 Å². The first-order valence-corrected chi connectivity index (χ1v) is 6.04. The third kappa shape index (κ3) is 2.92. The molecule has 1 aliphatic heterocycles. The van der Waals surface area contributed by atoms with Gasteiger partial charge in [-0.25, -0.2) is 0 Å². The lowest BCUT2D eigenvalue weighted by molar-refractivity contribution is -0.120. The molecule has 1 heterocycles. The maximum absolute atomic E-state index is 11.1. The van der Waals surface area contributed by atoms with Gasteiger partial charge in [0.1, 0.15) is 0 Å². The predicted octanol–water partition coefficient (Wildman–Crippen LogP) is 0.0782. The average Bonchev–Trinajstić information content (AvgIpc) is 3.10. The van der Waals surface area contributed by atoms with Gasteiger partial charge < -0.3 is 11.1 Å². The smallest absolute Gasteiger partial charge is 0.233 e. The molecule has 0 aromatic heterocycles. The summed E-state index contributed by atoms with van der Waals surface area (Å²) in [6.45, 7) is 2.11. The molecule has 0 radical (unpaired) electrons. The van der Waals surface area contributed by atoms with E-state index in [4.69, 9.17) is 5.73 Å². The maximum atomic E-state index is 11.1. The van der Waals surface area contributed by atoms with Gasteiger partial charge in [0.15, 0.2) is 0 Å². The van der Waals surface area contributed by atoms with Crippen LogP contribution in [0.25, 0.3) is 0 Å². The summed E-state index contributed by atoms with van der Waals surface area (Å²) in [5.41, 5.74) is 5.27. The zero-order valence-corrected chi connectivity index (χ0v) is 9.24. The van der Waals surface area contributed by atoms with E-state index in [0.717, 1.165) is 12.6 Å². The lowest BCUT2D eigenvalue weighted by Crippen LogP contribution is -2.48. The highest BCUT2D eigenvalue weighted by molar-refractivity contribution is 5.77. The van der Waals surface area contributed by atoms with Crippen molar-refractivity contribution in [3.05, 3.63) is 0 Å². The Kier molecular flexibility index (Phi) is 3.59.